The van der Waals surface area contributed by atoms with Gasteiger partial charge in [-0.25, -0.2) is 0 Å². The highest BCUT2D eigenvalue weighted by Crippen LogP contribution is 2.54. The molecule has 0 aromatic heterocycles. The number of hydrogen-bond donors (Lipinski definition) is 0. The predicted molar refractivity (Wildman–Crippen MR) is 68.9 cm³/mol. The van der Waals surface area contributed by atoms with Crippen LogP contribution in [-0.2, 0) is 0 Å². The lowest BCUT2D eigenvalue weighted by atomic mass is 9.58. The molecule has 0 radical (unpaired) electrons. The van der Waals surface area contributed by atoms with Crippen molar-refractivity contribution in [2.24, 2.45) is 5.41 Å². The molecule has 0 aromatic rings. The summed E-state index contributed by atoms with van der Waals surface area (Å²) < 4.78 is 0. The van der Waals surface area contributed by atoms with Crippen molar-refractivity contribution in [1.29, 1.82) is 0 Å². The van der Waals surface area contributed by atoms with Crippen LogP contribution >= 0.6 is 0 Å². The van der Waals surface area contributed by atoms with Crippen LogP contribution in [0.2, 0.25) is 0 Å². The number of rotatable bonds is 2. The average molecular weight is 204 g/mol. The molecule has 1 saturated carbocycles. The normalized spacial score (nSPS) is 22.5. The third kappa shape index (κ3) is 2.09. The van der Waals surface area contributed by atoms with Crippen LogP contribution in [0.1, 0.15) is 52.4 Å². The summed E-state index contributed by atoms with van der Waals surface area (Å²) in [5.41, 5.74) is 3.50. The molecule has 0 N–H and O–H groups in total. The molecule has 0 amide bonds. The minimum atomic E-state index is 0.531. The zero-order chi connectivity index (χ0) is 11.3. The minimum Gasteiger partial charge on any atom is -0.0988 e. The molecule has 0 bridgehead atoms. The van der Waals surface area contributed by atoms with E-state index in [9.17, 15) is 0 Å². The van der Waals surface area contributed by atoms with Gasteiger partial charge in [0.2, 0.25) is 0 Å². The smallest absolute Gasteiger partial charge is 0.00443 e. The van der Waals surface area contributed by atoms with Gasteiger partial charge >= 0.3 is 0 Å². The molecule has 15 heavy (non-hydrogen) atoms. The summed E-state index contributed by atoms with van der Waals surface area (Å²) in [5, 5.41) is 0. The highest BCUT2D eigenvalue weighted by molar-refractivity contribution is 5.39. The van der Waals surface area contributed by atoms with Gasteiger partial charge < -0.3 is 0 Å². The van der Waals surface area contributed by atoms with Crippen LogP contribution in [0.15, 0.2) is 36.5 Å². The Balaban J connectivity index is 0.000000531. The van der Waals surface area contributed by atoms with Gasteiger partial charge in [-0.1, -0.05) is 45.6 Å². The van der Waals surface area contributed by atoms with E-state index in [0.29, 0.717) is 5.41 Å². The zero-order valence-corrected chi connectivity index (χ0v) is 10.3. The molecule has 0 heteroatoms. The third-order valence-corrected chi connectivity index (χ3v) is 3.78. The Morgan fingerprint density at radius 2 is 1.60 bits per heavy atom. The summed E-state index contributed by atoms with van der Waals surface area (Å²) >= 11 is 0. The largest absolute Gasteiger partial charge is 0.0988 e. The van der Waals surface area contributed by atoms with Crippen molar-refractivity contribution in [3.8, 4) is 0 Å². The Kier molecular flexibility index (Phi) is 4.38. The molecule has 2 rings (SSSR count). The summed E-state index contributed by atoms with van der Waals surface area (Å²) in [6, 6.07) is 0. The molecule has 0 aromatic carbocycles. The fraction of sp³-hybridized carbons (Fsp3) is 0.600. The Morgan fingerprint density at radius 3 is 2.00 bits per heavy atom. The topological polar surface area (TPSA) is 0 Å². The fourth-order valence-corrected chi connectivity index (χ4v) is 2.91. The van der Waals surface area contributed by atoms with E-state index in [1.54, 1.807) is 0 Å². The Morgan fingerprint density at radius 1 is 1.00 bits per heavy atom. The minimum absolute atomic E-state index is 0.531. The number of allylic oxidation sites excluding steroid dienone is 4. The second-order valence-electron chi connectivity index (χ2n) is 4.33. The van der Waals surface area contributed by atoms with E-state index in [2.05, 4.69) is 19.2 Å². The lowest BCUT2D eigenvalue weighted by Gasteiger charge is -2.46. The van der Waals surface area contributed by atoms with Crippen molar-refractivity contribution in [1.82, 2.24) is 0 Å². The summed E-state index contributed by atoms with van der Waals surface area (Å²) in [7, 11) is 0. The predicted octanol–water partition coefficient (Wildman–Crippen LogP) is 5.04. The summed E-state index contributed by atoms with van der Waals surface area (Å²) in [5.74, 6) is 0. The van der Waals surface area contributed by atoms with E-state index in [-0.39, 0.29) is 0 Å². The lowest BCUT2D eigenvalue weighted by molar-refractivity contribution is 0.161. The zero-order valence-electron chi connectivity index (χ0n) is 10.3. The van der Waals surface area contributed by atoms with Gasteiger partial charge in [0, 0.05) is 0 Å². The molecule has 0 atom stereocenters. The van der Waals surface area contributed by atoms with Gasteiger partial charge in [-0.15, -0.1) is 0 Å². The lowest BCUT2D eigenvalue weighted by Crippen LogP contribution is -2.33. The Labute approximate surface area is 94.8 Å². The van der Waals surface area contributed by atoms with Crippen molar-refractivity contribution < 1.29 is 0 Å². The van der Waals surface area contributed by atoms with Crippen molar-refractivity contribution in [2.75, 3.05) is 0 Å². The Hall–Kier alpha value is -0.780. The molecular formula is C15H24. The standard InChI is InChI=1S/C13H18.C2H6/c1-3-11-7-5-8-13(9-6-10-13)12(11)4-2;1-2/h3-4H,1-2,5-10H2;1-2H3. The van der Waals surface area contributed by atoms with Crippen LogP contribution < -0.4 is 0 Å². The average Bonchev–Trinajstić information content (AvgIpc) is 2.28. The molecule has 0 heterocycles. The first-order valence-electron chi connectivity index (χ1n) is 6.31. The van der Waals surface area contributed by atoms with Gasteiger partial charge in [-0.3, -0.25) is 0 Å². The molecule has 0 aliphatic heterocycles. The molecule has 2 aliphatic rings. The van der Waals surface area contributed by atoms with Gasteiger partial charge in [0.1, 0.15) is 0 Å². The van der Waals surface area contributed by atoms with Crippen LogP contribution in [0.3, 0.4) is 0 Å². The van der Waals surface area contributed by atoms with E-state index < -0.39 is 0 Å². The molecular weight excluding hydrogens is 180 g/mol. The molecule has 0 unspecified atom stereocenters. The van der Waals surface area contributed by atoms with E-state index in [1.165, 1.54) is 49.7 Å². The van der Waals surface area contributed by atoms with Crippen LogP contribution in [0.25, 0.3) is 0 Å². The monoisotopic (exact) mass is 204 g/mol. The van der Waals surface area contributed by atoms with E-state index >= 15 is 0 Å². The van der Waals surface area contributed by atoms with Crippen molar-refractivity contribution in [3.05, 3.63) is 36.5 Å². The quantitative estimate of drug-likeness (QED) is 0.591. The molecule has 1 spiro atoms. The molecule has 0 saturated heterocycles. The third-order valence-electron chi connectivity index (χ3n) is 3.78. The van der Waals surface area contributed by atoms with Crippen LogP contribution in [0, 0.1) is 5.41 Å². The van der Waals surface area contributed by atoms with Crippen LogP contribution in [0.4, 0.5) is 0 Å². The maximum Gasteiger partial charge on any atom is -0.00443 e. The summed E-state index contributed by atoms with van der Waals surface area (Å²) in [6.07, 6.45) is 12.2. The van der Waals surface area contributed by atoms with Crippen molar-refractivity contribution >= 4 is 0 Å². The van der Waals surface area contributed by atoms with Gasteiger partial charge in [-0.2, -0.15) is 0 Å². The maximum absolute atomic E-state index is 3.95. The SMILES string of the molecule is C=CC1=C(C=C)C2(CCC1)CCC2.CC. The molecule has 84 valence electrons. The van der Waals surface area contributed by atoms with Crippen LogP contribution in [0.5, 0.6) is 0 Å². The van der Waals surface area contributed by atoms with E-state index in [4.69, 9.17) is 0 Å². The summed E-state index contributed by atoms with van der Waals surface area (Å²) in [4.78, 5) is 0. The highest BCUT2D eigenvalue weighted by atomic mass is 14.5. The molecule has 2 aliphatic carbocycles. The first-order valence-corrected chi connectivity index (χ1v) is 6.31. The first-order chi connectivity index (χ1) is 7.32. The second-order valence-corrected chi connectivity index (χ2v) is 4.33. The number of hydrogen-bond acceptors (Lipinski definition) is 0. The van der Waals surface area contributed by atoms with Crippen molar-refractivity contribution in [2.45, 2.75) is 52.4 Å². The van der Waals surface area contributed by atoms with E-state index in [1.807, 2.05) is 19.9 Å². The van der Waals surface area contributed by atoms with Gasteiger partial charge in [-0.05, 0) is 48.7 Å². The maximum atomic E-state index is 3.95. The first kappa shape index (κ1) is 12.3. The Bertz CT molecular complexity index is 264. The molecule has 0 nitrogen and oxygen atoms in total. The van der Waals surface area contributed by atoms with E-state index in [0.717, 1.165) is 0 Å². The fourth-order valence-electron chi connectivity index (χ4n) is 2.91. The van der Waals surface area contributed by atoms with Crippen molar-refractivity contribution in [3.63, 3.8) is 0 Å². The van der Waals surface area contributed by atoms with Gasteiger partial charge in [0.15, 0.2) is 0 Å². The second kappa shape index (κ2) is 5.34. The highest BCUT2D eigenvalue weighted by Gasteiger charge is 2.41. The molecule has 1 fully saturated rings. The van der Waals surface area contributed by atoms with Gasteiger partial charge in [0.25, 0.3) is 0 Å². The van der Waals surface area contributed by atoms with Gasteiger partial charge in [0.05, 0.1) is 0 Å². The van der Waals surface area contributed by atoms with Crippen LogP contribution in [-0.4, -0.2) is 0 Å². The summed E-state index contributed by atoms with van der Waals surface area (Å²) in [6.45, 7) is 11.9.